The van der Waals surface area contributed by atoms with Crippen LogP contribution in [0, 0.1) is 19.7 Å². The second-order valence-corrected chi connectivity index (χ2v) is 5.76. The first-order valence-electron chi connectivity index (χ1n) is 6.02. The summed E-state index contributed by atoms with van der Waals surface area (Å²) in [6, 6.07) is 13.4. The summed E-state index contributed by atoms with van der Waals surface area (Å²) in [4.78, 5) is 0.149. The van der Waals surface area contributed by atoms with E-state index >= 15 is 0 Å². The standard InChI is InChI=1S/C16H16BrF/c1-11-3-6-13(7-4-11)9-16(17)15-10-14(18)8-5-12(15)2/h3-8,10,16H,9H2,1-2H3. The van der Waals surface area contributed by atoms with E-state index in [0.717, 1.165) is 17.5 Å². The number of hydrogen-bond donors (Lipinski definition) is 0. The van der Waals surface area contributed by atoms with Gasteiger partial charge in [-0.05, 0) is 49.1 Å². The summed E-state index contributed by atoms with van der Waals surface area (Å²) in [7, 11) is 0. The predicted molar refractivity (Wildman–Crippen MR) is 77.7 cm³/mol. The highest BCUT2D eigenvalue weighted by Crippen LogP contribution is 2.30. The van der Waals surface area contributed by atoms with Gasteiger partial charge in [0.1, 0.15) is 5.82 Å². The third-order valence-electron chi connectivity index (χ3n) is 3.11. The molecule has 1 unspecified atom stereocenters. The Balaban J connectivity index is 2.18. The zero-order chi connectivity index (χ0) is 13.1. The minimum Gasteiger partial charge on any atom is -0.207 e. The second-order valence-electron chi connectivity index (χ2n) is 4.66. The second kappa shape index (κ2) is 5.66. The van der Waals surface area contributed by atoms with Crippen LogP contribution in [0.3, 0.4) is 0 Å². The van der Waals surface area contributed by atoms with E-state index in [2.05, 4.69) is 47.1 Å². The van der Waals surface area contributed by atoms with Crippen molar-refractivity contribution in [1.82, 2.24) is 0 Å². The molecule has 0 aliphatic heterocycles. The SMILES string of the molecule is Cc1ccc(CC(Br)c2cc(F)ccc2C)cc1. The highest BCUT2D eigenvalue weighted by Gasteiger charge is 2.12. The Labute approximate surface area is 116 Å². The maximum Gasteiger partial charge on any atom is 0.123 e. The molecule has 0 saturated heterocycles. The van der Waals surface area contributed by atoms with Crippen molar-refractivity contribution >= 4 is 15.9 Å². The molecule has 2 rings (SSSR count). The molecule has 2 aromatic rings. The van der Waals surface area contributed by atoms with Crippen LogP contribution in [0.5, 0.6) is 0 Å². The quantitative estimate of drug-likeness (QED) is 0.690. The first kappa shape index (κ1) is 13.3. The average molecular weight is 307 g/mol. The summed E-state index contributed by atoms with van der Waals surface area (Å²) >= 11 is 3.66. The number of alkyl halides is 1. The van der Waals surface area contributed by atoms with Gasteiger partial charge in [-0.3, -0.25) is 0 Å². The fourth-order valence-electron chi connectivity index (χ4n) is 1.99. The number of halogens is 2. The van der Waals surface area contributed by atoms with Gasteiger partial charge in [-0.1, -0.05) is 51.8 Å². The minimum atomic E-state index is -0.177. The lowest BCUT2D eigenvalue weighted by Crippen LogP contribution is -1.99. The smallest absolute Gasteiger partial charge is 0.123 e. The van der Waals surface area contributed by atoms with Gasteiger partial charge in [0.15, 0.2) is 0 Å². The summed E-state index contributed by atoms with van der Waals surface area (Å²) in [5.41, 5.74) is 4.65. The monoisotopic (exact) mass is 306 g/mol. The Bertz CT molecular complexity index is 531. The number of rotatable bonds is 3. The highest BCUT2D eigenvalue weighted by atomic mass is 79.9. The molecule has 0 saturated carbocycles. The third-order valence-corrected chi connectivity index (χ3v) is 3.93. The molecule has 1 atom stereocenters. The lowest BCUT2D eigenvalue weighted by atomic mass is 10.00. The Morgan fingerprint density at radius 3 is 2.39 bits per heavy atom. The van der Waals surface area contributed by atoms with Gasteiger partial charge in [-0.15, -0.1) is 0 Å². The van der Waals surface area contributed by atoms with E-state index in [1.165, 1.54) is 17.2 Å². The Morgan fingerprint density at radius 1 is 1.06 bits per heavy atom. The molecule has 0 aliphatic rings. The molecule has 0 N–H and O–H groups in total. The van der Waals surface area contributed by atoms with Crippen molar-refractivity contribution in [2.75, 3.05) is 0 Å². The lowest BCUT2D eigenvalue weighted by molar-refractivity contribution is 0.624. The van der Waals surface area contributed by atoms with E-state index in [1.54, 1.807) is 6.07 Å². The molecule has 2 aromatic carbocycles. The molecule has 2 heteroatoms. The van der Waals surface area contributed by atoms with Crippen molar-refractivity contribution in [3.05, 3.63) is 70.5 Å². The van der Waals surface area contributed by atoms with Crippen molar-refractivity contribution in [3.63, 3.8) is 0 Å². The molecule has 0 fully saturated rings. The fraction of sp³-hybridized carbons (Fsp3) is 0.250. The van der Waals surface area contributed by atoms with Gasteiger partial charge in [0, 0.05) is 4.83 Å². The lowest BCUT2D eigenvalue weighted by Gasteiger charge is -2.13. The van der Waals surface area contributed by atoms with Crippen molar-refractivity contribution in [1.29, 1.82) is 0 Å². The highest BCUT2D eigenvalue weighted by molar-refractivity contribution is 9.09. The Morgan fingerprint density at radius 2 is 1.72 bits per heavy atom. The van der Waals surface area contributed by atoms with Crippen LogP contribution < -0.4 is 0 Å². The van der Waals surface area contributed by atoms with Gasteiger partial charge in [0.25, 0.3) is 0 Å². The van der Waals surface area contributed by atoms with Crippen molar-refractivity contribution < 1.29 is 4.39 Å². The first-order valence-corrected chi connectivity index (χ1v) is 6.93. The van der Waals surface area contributed by atoms with Crippen molar-refractivity contribution in [2.45, 2.75) is 25.1 Å². The molecular weight excluding hydrogens is 291 g/mol. The van der Waals surface area contributed by atoms with E-state index in [4.69, 9.17) is 0 Å². The van der Waals surface area contributed by atoms with Gasteiger partial charge in [-0.25, -0.2) is 4.39 Å². The van der Waals surface area contributed by atoms with Gasteiger partial charge in [-0.2, -0.15) is 0 Å². The van der Waals surface area contributed by atoms with Crippen LogP contribution >= 0.6 is 15.9 Å². The average Bonchev–Trinajstić information content (AvgIpc) is 2.35. The summed E-state index contributed by atoms with van der Waals surface area (Å²) in [5, 5.41) is 0. The van der Waals surface area contributed by atoms with E-state index in [9.17, 15) is 4.39 Å². The molecule has 0 bridgehead atoms. The molecular formula is C16H16BrF. The summed E-state index contributed by atoms with van der Waals surface area (Å²) in [6.45, 7) is 4.09. The van der Waals surface area contributed by atoms with Gasteiger partial charge in [0.05, 0.1) is 0 Å². The molecule has 0 aromatic heterocycles. The summed E-state index contributed by atoms with van der Waals surface area (Å²) < 4.78 is 13.3. The van der Waals surface area contributed by atoms with Crippen molar-refractivity contribution in [2.24, 2.45) is 0 Å². The van der Waals surface area contributed by atoms with Crippen LogP contribution in [0.1, 0.15) is 27.1 Å². The van der Waals surface area contributed by atoms with Crippen LogP contribution in [-0.4, -0.2) is 0 Å². The maximum absolute atomic E-state index is 13.3. The molecule has 0 nitrogen and oxygen atoms in total. The Kier molecular flexibility index (Phi) is 4.18. The van der Waals surface area contributed by atoms with Crippen LogP contribution in [-0.2, 0) is 6.42 Å². The van der Waals surface area contributed by atoms with E-state index in [1.807, 2.05) is 13.0 Å². The van der Waals surface area contributed by atoms with E-state index in [0.29, 0.717) is 0 Å². The predicted octanol–water partition coefficient (Wildman–Crippen LogP) is 5.12. The van der Waals surface area contributed by atoms with Gasteiger partial charge >= 0.3 is 0 Å². The number of hydrogen-bond acceptors (Lipinski definition) is 0. The van der Waals surface area contributed by atoms with E-state index in [-0.39, 0.29) is 10.6 Å². The molecule has 94 valence electrons. The normalized spacial score (nSPS) is 12.4. The maximum atomic E-state index is 13.3. The first-order chi connectivity index (χ1) is 8.56. The van der Waals surface area contributed by atoms with Gasteiger partial charge in [0.2, 0.25) is 0 Å². The zero-order valence-electron chi connectivity index (χ0n) is 10.6. The summed E-state index contributed by atoms with van der Waals surface area (Å²) in [6.07, 6.45) is 0.866. The number of aryl methyl sites for hydroxylation is 2. The van der Waals surface area contributed by atoms with Crippen molar-refractivity contribution in [3.8, 4) is 0 Å². The molecule has 0 radical (unpaired) electrons. The third kappa shape index (κ3) is 3.20. The van der Waals surface area contributed by atoms with Gasteiger partial charge < -0.3 is 0 Å². The molecule has 0 spiro atoms. The number of benzene rings is 2. The molecule has 0 heterocycles. The summed E-state index contributed by atoms with van der Waals surface area (Å²) in [5.74, 6) is -0.177. The van der Waals surface area contributed by atoms with Crippen LogP contribution in [0.15, 0.2) is 42.5 Å². The fourth-order valence-corrected chi connectivity index (χ4v) is 2.86. The zero-order valence-corrected chi connectivity index (χ0v) is 12.2. The molecule has 18 heavy (non-hydrogen) atoms. The van der Waals surface area contributed by atoms with Crippen LogP contribution in [0.2, 0.25) is 0 Å². The van der Waals surface area contributed by atoms with Crippen LogP contribution in [0.4, 0.5) is 4.39 Å². The topological polar surface area (TPSA) is 0 Å². The van der Waals surface area contributed by atoms with E-state index < -0.39 is 0 Å². The molecule has 0 aliphatic carbocycles. The van der Waals surface area contributed by atoms with Crippen LogP contribution in [0.25, 0.3) is 0 Å². The largest absolute Gasteiger partial charge is 0.207 e. The minimum absolute atomic E-state index is 0.149. The Hall–Kier alpha value is -1.15. The molecule has 0 amide bonds.